The van der Waals surface area contributed by atoms with Crippen molar-refractivity contribution in [1.82, 2.24) is 0 Å². The molecule has 0 unspecified atom stereocenters. The number of ether oxygens (including phenoxy) is 2. The molecule has 0 amide bonds. The van der Waals surface area contributed by atoms with E-state index < -0.39 is 0 Å². The van der Waals surface area contributed by atoms with Crippen LogP contribution >= 0.6 is 15.9 Å². The maximum absolute atomic E-state index is 5.75. The van der Waals surface area contributed by atoms with E-state index in [1.165, 1.54) is 0 Å². The van der Waals surface area contributed by atoms with Crippen LogP contribution in [-0.4, -0.2) is 19.8 Å². The third-order valence-electron chi connectivity index (χ3n) is 2.45. The van der Waals surface area contributed by atoms with Crippen LogP contribution in [0.1, 0.15) is 25.8 Å². The summed E-state index contributed by atoms with van der Waals surface area (Å²) in [6.07, 6.45) is 1.53. The van der Waals surface area contributed by atoms with Gasteiger partial charge in [-0.3, -0.25) is 0 Å². The fourth-order valence-corrected chi connectivity index (χ4v) is 2.27. The summed E-state index contributed by atoms with van der Waals surface area (Å²) in [6, 6.07) is 4.01. The van der Waals surface area contributed by atoms with E-state index in [9.17, 15) is 0 Å². The van der Waals surface area contributed by atoms with Crippen molar-refractivity contribution in [2.45, 2.75) is 26.7 Å². The minimum atomic E-state index is 0.551. The molecule has 3 nitrogen and oxygen atoms in total. The molecule has 1 aromatic rings. The number of nitrogens with two attached hydrogens (primary N) is 1. The van der Waals surface area contributed by atoms with Gasteiger partial charge in [0.15, 0.2) is 11.5 Å². The minimum Gasteiger partial charge on any atom is -0.490 e. The van der Waals surface area contributed by atoms with Gasteiger partial charge in [-0.15, -0.1) is 11.8 Å². The van der Waals surface area contributed by atoms with Gasteiger partial charge in [-0.2, -0.15) is 0 Å². The maximum Gasteiger partial charge on any atom is 0.175 e. The van der Waals surface area contributed by atoms with Crippen LogP contribution in [0.25, 0.3) is 0 Å². The highest BCUT2D eigenvalue weighted by Crippen LogP contribution is 2.37. The Morgan fingerprint density at radius 1 is 1.32 bits per heavy atom. The molecular weight excluding hydrogens is 306 g/mol. The zero-order chi connectivity index (χ0) is 14.1. The SMILES string of the molecule is CC#CCCOc1c(Br)cc(CCN)cc1OCC. The number of hydrogen-bond donors (Lipinski definition) is 1. The topological polar surface area (TPSA) is 44.5 Å². The van der Waals surface area contributed by atoms with E-state index in [0.29, 0.717) is 26.2 Å². The Morgan fingerprint density at radius 2 is 2.11 bits per heavy atom. The number of hydrogen-bond acceptors (Lipinski definition) is 3. The van der Waals surface area contributed by atoms with Crippen LogP contribution in [0.5, 0.6) is 11.5 Å². The summed E-state index contributed by atoms with van der Waals surface area (Å²) in [4.78, 5) is 0. The van der Waals surface area contributed by atoms with Gasteiger partial charge < -0.3 is 15.2 Å². The van der Waals surface area contributed by atoms with Crippen molar-refractivity contribution in [1.29, 1.82) is 0 Å². The highest BCUT2D eigenvalue weighted by Gasteiger charge is 2.11. The van der Waals surface area contributed by atoms with Gasteiger partial charge in [0.1, 0.15) is 0 Å². The Morgan fingerprint density at radius 3 is 2.74 bits per heavy atom. The van der Waals surface area contributed by atoms with Crippen molar-refractivity contribution in [2.24, 2.45) is 5.73 Å². The van der Waals surface area contributed by atoms with E-state index in [1.807, 2.05) is 26.0 Å². The van der Waals surface area contributed by atoms with E-state index in [2.05, 4.69) is 27.8 Å². The van der Waals surface area contributed by atoms with Crippen molar-refractivity contribution in [3.05, 3.63) is 22.2 Å². The average Bonchev–Trinajstić information content (AvgIpc) is 2.38. The fourth-order valence-electron chi connectivity index (χ4n) is 1.66. The second-order valence-electron chi connectivity index (χ2n) is 3.90. The normalized spacial score (nSPS) is 9.68. The van der Waals surface area contributed by atoms with Crippen LogP contribution in [0.4, 0.5) is 0 Å². The van der Waals surface area contributed by atoms with Crippen LogP contribution in [-0.2, 0) is 6.42 Å². The molecule has 1 rings (SSSR count). The van der Waals surface area contributed by atoms with Crippen molar-refractivity contribution in [3.8, 4) is 23.3 Å². The first kappa shape index (κ1) is 15.9. The second kappa shape index (κ2) is 8.84. The first-order valence-corrected chi connectivity index (χ1v) is 7.19. The van der Waals surface area contributed by atoms with Gasteiger partial charge in [0.05, 0.1) is 17.7 Å². The summed E-state index contributed by atoms with van der Waals surface area (Å²) in [5.41, 5.74) is 6.72. The van der Waals surface area contributed by atoms with E-state index in [1.54, 1.807) is 0 Å². The van der Waals surface area contributed by atoms with Crippen molar-refractivity contribution < 1.29 is 9.47 Å². The van der Waals surface area contributed by atoms with Crippen LogP contribution in [0.2, 0.25) is 0 Å². The molecule has 0 bridgehead atoms. The number of rotatable bonds is 7. The van der Waals surface area contributed by atoms with E-state index in [4.69, 9.17) is 15.2 Å². The van der Waals surface area contributed by atoms with Crippen LogP contribution in [0.15, 0.2) is 16.6 Å². The smallest absolute Gasteiger partial charge is 0.175 e. The zero-order valence-electron chi connectivity index (χ0n) is 11.5. The van der Waals surface area contributed by atoms with E-state index >= 15 is 0 Å². The molecule has 0 aromatic heterocycles. The molecule has 0 heterocycles. The monoisotopic (exact) mass is 325 g/mol. The number of halogens is 1. The standard InChI is InChI=1S/C15H20BrNO2/c1-3-5-6-9-19-15-13(16)10-12(7-8-17)11-14(15)18-4-2/h10-11H,4,6-9,17H2,1-2H3. The molecule has 0 spiro atoms. The van der Waals surface area contributed by atoms with Gasteiger partial charge >= 0.3 is 0 Å². The van der Waals surface area contributed by atoms with Gasteiger partial charge in [0, 0.05) is 6.42 Å². The summed E-state index contributed by atoms with van der Waals surface area (Å²) < 4.78 is 12.3. The lowest BCUT2D eigenvalue weighted by Crippen LogP contribution is -2.05. The summed E-state index contributed by atoms with van der Waals surface area (Å²) in [5, 5.41) is 0. The highest BCUT2D eigenvalue weighted by molar-refractivity contribution is 9.10. The Hall–Kier alpha value is -1.18. The van der Waals surface area contributed by atoms with Gasteiger partial charge in [-0.25, -0.2) is 0 Å². The second-order valence-corrected chi connectivity index (χ2v) is 4.76. The van der Waals surface area contributed by atoms with Crippen molar-refractivity contribution in [3.63, 3.8) is 0 Å². The van der Waals surface area contributed by atoms with Crippen molar-refractivity contribution >= 4 is 15.9 Å². The summed E-state index contributed by atoms with van der Waals surface area (Å²) >= 11 is 3.53. The molecule has 104 valence electrons. The third-order valence-corrected chi connectivity index (χ3v) is 3.04. The molecule has 0 fully saturated rings. The first-order valence-electron chi connectivity index (χ1n) is 6.40. The first-order chi connectivity index (χ1) is 9.22. The van der Waals surface area contributed by atoms with Crippen LogP contribution in [0.3, 0.4) is 0 Å². The predicted molar refractivity (Wildman–Crippen MR) is 81.6 cm³/mol. The molecule has 2 N–H and O–H groups in total. The molecule has 1 aromatic carbocycles. The molecule has 0 aliphatic rings. The summed E-state index contributed by atoms with van der Waals surface area (Å²) in [6.45, 7) is 5.54. The largest absolute Gasteiger partial charge is 0.490 e. The lowest BCUT2D eigenvalue weighted by atomic mass is 10.1. The van der Waals surface area contributed by atoms with Crippen LogP contribution < -0.4 is 15.2 Å². The Labute approximate surface area is 123 Å². The maximum atomic E-state index is 5.75. The van der Waals surface area contributed by atoms with Crippen LogP contribution in [0, 0.1) is 11.8 Å². The highest BCUT2D eigenvalue weighted by atomic mass is 79.9. The minimum absolute atomic E-state index is 0.551. The summed E-state index contributed by atoms with van der Waals surface area (Å²) in [7, 11) is 0. The third kappa shape index (κ3) is 5.14. The Bertz CT molecular complexity index is 463. The van der Waals surface area contributed by atoms with Gasteiger partial charge in [-0.1, -0.05) is 0 Å². The zero-order valence-corrected chi connectivity index (χ0v) is 13.0. The molecule has 0 aliphatic carbocycles. The van der Waals surface area contributed by atoms with E-state index in [0.717, 1.165) is 28.0 Å². The number of benzene rings is 1. The Balaban J connectivity index is 2.88. The lowest BCUT2D eigenvalue weighted by Gasteiger charge is -2.14. The molecule has 0 atom stereocenters. The fraction of sp³-hybridized carbons (Fsp3) is 0.467. The molecule has 0 radical (unpaired) electrons. The predicted octanol–water partition coefficient (Wildman–Crippen LogP) is 3.14. The molecule has 0 saturated carbocycles. The van der Waals surface area contributed by atoms with Gasteiger partial charge in [0.25, 0.3) is 0 Å². The molecule has 0 aliphatic heterocycles. The van der Waals surface area contributed by atoms with Crippen molar-refractivity contribution in [2.75, 3.05) is 19.8 Å². The molecular formula is C15H20BrNO2. The molecule has 4 heteroatoms. The Kier molecular flexibility index (Phi) is 7.39. The molecule has 19 heavy (non-hydrogen) atoms. The van der Waals surface area contributed by atoms with Gasteiger partial charge in [0.2, 0.25) is 0 Å². The molecule has 0 saturated heterocycles. The van der Waals surface area contributed by atoms with E-state index in [-0.39, 0.29) is 0 Å². The van der Waals surface area contributed by atoms with Gasteiger partial charge in [-0.05, 0) is 60.4 Å². The average molecular weight is 326 g/mol. The quantitative estimate of drug-likeness (QED) is 0.618. The lowest BCUT2D eigenvalue weighted by molar-refractivity contribution is 0.280. The summed E-state index contributed by atoms with van der Waals surface area (Å²) in [5.74, 6) is 7.31.